The SMILES string of the molecule is OC1(c2ccc3c(c2)OCO3)CC2CCC(C1)N2Cc1nc(-c2ccc(C(F)(F)F)cc2)no1. The van der Waals surface area contributed by atoms with Gasteiger partial charge in [0.15, 0.2) is 11.5 Å². The Kier molecular flexibility index (Phi) is 4.86. The smallest absolute Gasteiger partial charge is 0.416 e. The van der Waals surface area contributed by atoms with Crippen LogP contribution in [0.5, 0.6) is 11.5 Å². The Labute approximate surface area is 193 Å². The van der Waals surface area contributed by atoms with E-state index in [0.29, 0.717) is 42.3 Å². The van der Waals surface area contributed by atoms with Crippen LogP contribution >= 0.6 is 0 Å². The standard InChI is InChI=1S/C24H22F3N3O4/c25-24(26,27)15-3-1-14(2-4-15)22-28-21(34-29-22)12-30-17-6-7-18(30)11-23(31,10-17)16-5-8-19-20(9-16)33-13-32-19/h1-5,8-9,17-18,31H,6-7,10-13H2. The second-order valence-electron chi connectivity index (χ2n) is 9.15. The van der Waals surface area contributed by atoms with Gasteiger partial charge in [0.25, 0.3) is 0 Å². The van der Waals surface area contributed by atoms with Gasteiger partial charge in [0.1, 0.15) is 0 Å². The molecule has 1 aromatic heterocycles. The maximum absolute atomic E-state index is 12.8. The maximum Gasteiger partial charge on any atom is 0.416 e. The molecule has 3 aromatic rings. The van der Waals surface area contributed by atoms with Crippen LogP contribution in [0.2, 0.25) is 0 Å². The van der Waals surface area contributed by atoms with Gasteiger partial charge in [-0.3, -0.25) is 4.90 Å². The van der Waals surface area contributed by atoms with Crippen molar-refractivity contribution in [1.82, 2.24) is 15.0 Å². The topological polar surface area (TPSA) is 80.9 Å². The van der Waals surface area contributed by atoms with E-state index in [1.54, 1.807) is 0 Å². The first-order valence-electron chi connectivity index (χ1n) is 11.2. The number of hydrogen-bond acceptors (Lipinski definition) is 7. The van der Waals surface area contributed by atoms with E-state index < -0.39 is 17.3 Å². The van der Waals surface area contributed by atoms with E-state index in [1.807, 2.05) is 18.2 Å². The van der Waals surface area contributed by atoms with Gasteiger partial charge in [-0.2, -0.15) is 18.2 Å². The summed E-state index contributed by atoms with van der Waals surface area (Å²) < 4.78 is 54.7. The van der Waals surface area contributed by atoms with Crippen molar-refractivity contribution in [2.24, 2.45) is 0 Å². The monoisotopic (exact) mass is 473 g/mol. The molecular weight excluding hydrogens is 451 g/mol. The molecule has 0 amide bonds. The van der Waals surface area contributed by atoms with Crippen molar-refractivity contribution in [2.75, 3.05) is 6.79 Å². The highest BCUT2D eigenvalue weighted by molar-refractivity contribution is 5.54. The predicted octanol–water partition coefficient (Wildman–Crippen LogP) is 4.50. The molecule has 4 heterocycles. The number of aliphatic hydroxyl groups is 1. The maximum atomic E-state index is 12.8. The summed E-state index contributed by atoms with van der Waals surface area (Å²) in [4.78, 5) is 6.69. The minimum absolute atomic E-state index is 0.149. The number of halogens is 3. The van der Waals surface area contributed by atoms with Crippen molar-refractivity contribution in [1.29, 1.82) is 0 Å². The summed E-state index contributed by atoms with van der Waals surface area (Å²) >= 11 is 0. The Hall–Kier alpha value is -3.11. The fourth-order valence-corrected chi connectivity index (χ4v) is 5.40. The zero-order valence-corrected chi connectivity index (χ0v) is 18.1. The second-order valence-corrected chi connectivity index (χ2v) is 9.15. The molecule has 0 radical (unpaired) electrons. The molecule has 178 valence electrons. The Morgan fingerprint density at radius 2 is 1.71 bits per heavy atom. The lowest BCUT2D eigenvalue weighted by Gasteiger charge is -2.43. The van der Waals surface area contributed by atoms with Crippen LogP contribution in [0.25, 0.3) is 11.4 Å². The van der Waals surface area contributed by atoms with Gasteiger partial charge in [-0.15, -0.1) is 0 Å². The normalized spacial score (nSPS) is 26.2. The Bertz CT molecular complexity index is 1200. The van der Waals surface area contributed by atoms with Gasteiger partial charge >= 0.3 is 6.18 Å². The van der Waals surface area contributed by atoms with Gasteiger partial charge < -0.3 is 19.1 Å². The number of benzene rings is 2. The van der Waals surface area contributed by atoms with E-state index in [0.717, 1.165) is 30.5 Å². The van der Waals surface area contributed by atoms with Gasteiger partial charge in [0.05, 0.1) is 17.7 Å². The third-order valence-corrected chi connectivity index (χ3v) is 7.08. The first kappa shape index (κ1) is 21.4. The van der Waals surface area contributed by atoms with Crippen molar-refractivity contribution >= 4 is 0 Å². The summed E-state index contributed by atoms with van der Waals surface area (Å²) in [7, 11) is 0. The fraction of sp³-hybridized carbons (Fsp3) is 0.417. The van der Waals surface area contributed by atoms with Gasteiger partial charge in [-0.1, -0.05) is 23.4 Å². The third kappa shape index (κ3) is 3.70. The molecular formula is C24H22F3N3O4. The van der Waals surface area contributed by atoms with Crippen LogP contribution < -0.4 is 9.47 Å². The molecule has 1 N–H and O–H groups in total. The molecule has 10 heteroatoms. The number of piperidine rings is 1. The third-order valence-electron chi connectivity index (χ3n) is 7.08. The minimum atomic E-state index is -4.39. The summed E-state index contributed by atoms with van der Waals surface area (Å²) in [5, 5.41) is 15.5. The van der Waals surface area contributed by atoms with Gasteiger partial charge in [-0.25, -0.2) is 0 Å². The van der Waals surface area contributed by atoms with Crippen molar-refractivity contribution in [2.45, 2.75) is 56.1 Å². The van der Waals surface area contributed by atoms with Crippen molar-refractivity contribution in [3.05, 3.63) is 59.5 Å². The number of hydrogen-bond donors (Lipinski definition) is 1. The molecule has 7 nitrogen and oxygen atoms in total. The zero-order valence-electron chi connectivity index (χ0n) is 18.1. The van der Waals surface area contributed by atoms with Crippen LogP contribution in [0.1, 0.15) is 42.7 Å². The average molecular weight is 473 g/mol. The van der Waals surface area contributed by atoms with E-state index >= 15 is 0 Å². The van der Waals surface area contributed by atoms with E-state index in [-0.39, 0.29) is 24.7 Å². The molecule has 2 saturated heterocycles. The lowest BCUT2D eigenvalue weighted by atomic mass is 9.80. The molecule has 0 aliphatic carbocycles. The summed E-state index contributed by atoms with van der Waals surface area (Å²) in [5.41, 5.74) is -0.388. The van der Waals surface area contributed by atoms with E-state index in [1.165, 1.54) is 12.1 Å². The molecule has 2 bridgehead atoms. The number of ether oxygens (including phenoxy) is 2. The molecule has 2 atom stereocenters. The molecule has 2 aromatic carbocycles. The van der Waals surface area contributed by atoms with Crippen LogP contribution in [-0.4, -0.2) is 39.0 Å². The van der Waals surface area contributed by atoms with Crippen molar-refractivity contribution in [3.63, 3.8) is 0 Å². The lowest BCUT2D eigenvalue weighted by molar-refractivity contribution is -0.137. The number of fused-ring (bicyclic) bond motifs is 3. The highest BCUT2D eigenvalue weighted by atomic mass is 19.4. The summed E-state index contributed by atoms with van der Waals surface area (Å²) in [6, 6.07) is 10.6. The van der Waals surface area contributed by atoms with Crippen LogP contribution in [0.15, 0.2) is 47.0 Å². The van der Waals surface area contributed by atoms with Crippen molar-refractivity contribution < 1.29 is 32.3 Å². The van der Waals surface area contributed by atoms with Crippen LogP contribution in [0.4, 0.5) is 13.2 Å². The van der Waals surface area contributed by atoms with E-state index in [2.05, 4.69) is 15.0 Å². The van der Waals surface area contributed by atoms with Crippen molar-refractivity contribution in [3.8, 4) is 22.9 Å². The summed E-state index contributed by atoms with van der Waals surface area (Å²) in [6.45, 7) is 0.620. The fourth-order valence-electron chi connectivity index (χ4n) is 5.40. The average Bonchev–Trinajstić information content (AvgIpc) is 3.52. The number of rotatable bonds is 4. The van der Waals surface area contributed by atoms with Gasteiger partial charge in [-0.05, 0) is 55.5 Å². The first-order valence-corrected chi connectivity index (χ1v) is 11.2. The van der Waals surface area contributed by atoms with Crippen LogP contribution in [0, 0.1) is 0 Å². The summed E-state index contributed by atoms with van der Waals surface area (Å²) in [5.74, 6) is 2.00. The van der Waals surface area contributed by atoms with E-state index in [4.69, 9.17) is 14.0 Å². The molecule has 3 aliphatic heterocycles. The molecule has 6 rings (SSSR count). The lowest BCUT2D eigenvalue weighted by Crippen LogP contribution is -2.49. The number of aromatic nitrogens is 2. The van der Waals surface area contributed by atoms with Crippen LogP contribution in [0.3, 0.4) is 0 Å². The van der Waals surface area contributed by atoms with Gasteiger partial charge in [0, 0.05) is 17.6 Å². The Balaban J connectivity index is 1.16. The molecule has 0 spiro atoms. The highest BCUT2D eigenvalue weighted by Gasteiger charge is 2.49. The Morgan fingerprint density at radius 1 is 1.00 bits per heavy atom. The molecule has 2 unspecified atom stereocenters. The number of nitrogens with zero attached hydrogens (tertiary/aromatic N) is 3. The minimum Gasteiger partial charge on any atom is -0.454 e. The van der Waals surface area contributed by atoms with E-state index in [9.17, 15) is 18.3 Å². The highest BCUT2D eigenvalue weighted by Crippen LogP contribution is 2.48. The van der Waals surface area contributed by atoms with Gasteiger partial charge in [0.2, 0.25) is 18.5 Å². The number of alkyl halides is 3. The molecule has 34 heavy (non-hydrogen) atoms. The largest absolute Gasteiger partial charge is 0.454 e. The molecule has 2 fully saturated rings. The zero-order chi connectivity index (χ0) is 23.5. The first-order chi connectivity index (χ1) is 16.3. The predicted molar refractivity (Wildman–Crippen MR) is 113 cm³/mol. The summed E-state index contributed by atoms with van der Waals surface area (Å²) in [6.07, 6.45) is -1.34. The second kappa shape index (κ2) is 7.71. The Morgan fingerprint density at radius 3 is 2.41 bits per heavy atom. The van der Waals surface area contributed by atoms with Crippen LogP contribution in [-0.2, 0) is 18.3 Å². The quantitative estimate of drug-likeness (QED) is 0.598. The molecule has 0 saturated carbocycles. The molecule has 3 aliphatic rings.